The Hall–Kier alpha value is -0.360. The molecule has 0 aromatic carbocycles. The summed E-state index contributed by atoms with van der Waals surface area (Å²) in [6.45, 7) is 6.55. The average Bonchev–Trinajstić information content (AvgIpc) is 2.32. The number of hydrogen-bond acceptors (Lipinski definition) is 5. The van der Waals surface area contributed by atoms with Crippen molar-refractivity contribution in [2.24, 2.45) is 17.6 Å². The number of halogens is 1. The molecule has 0 radical (unpaired) electrons. The maximum Gasteiger partial charge on any atom is 0.306 e. The number of methoxy groups -OCH3 is 1. The number of carbonyl (C=O) groups is 1. The van der Waals surface area contributed by atoms with Crippen molar-refractivity contribution in [2.45, 2.75) is 26.7 Å². The molecule has 5 nitrogen and oxygen atoms in total. The monoisotopic (exact) mass is 297 g/mol. The largest absolute Gasteiger partial charge is 0.463 e. The van der Waals surface area contributed by atoms with Crippen LogP contribution in [0.1, 0.15) is 26.7 Å². The first-order valence-corrected chi connectivity index (χ1v) is 6.52. The highest BCUT2D eigenvalue weighted by Gasteiger charge is 2.14. The lowest BCUT2D eigenvalue weighted by atomic mass is 9.94. The predicted molar refractivity (Wildman–Crippen MR) is 77.5 cm³/mol. The molecule has 0 rings (SSSR count). The highest BCUT2D eigenvalue weighted by molar-refractivity contribution is 5.85. The fourth-order valence-corrected chi connectivity index (χ4v) is 1.68. The molecule has 0 bridgehead atoms. The Morgan fingerprint density at radius 2 is 1.79 bits per heavy atom. The van der Waals surface area contributed by atoms with Crippen molar-refractivity contribution in [3.8, 4) is 0 Å². The van der Waals surface area contributed by atoms with Crippen molar-refractivity contribution in [3.05, 3.63) is 0 Å². The van der Waals surface area contributed by atoms with Crippen LogP contribution in [-0.4, -0.2) is 46.1 Å². The minimum atomic E-state index is -0.193. The summed E-state index contributed by atoms with van der Waals surface area (Å²) in [6, 6.07) is 0. The van der Waals surface area contributed by atoms with E-state index in [4.69, 9.17) is 19.9 Å². The van der Waals surface area contributed by atoms with Crippen molar-refractivity contribution in [1.82, 2.24) is 0 Å². The maximum absolute atomic E-state index is 11.5. The van der Waals surface area contributed by atoms with E-state index in [0.29, 0.717) is 45.3 Å². The summed E-state index contributed by atoms with van der Waals surface area (Å²) in [4.78, 5) is 11.5. The third-order valence-electron chi connectivity index (χ3n) is 2.52. The van der Waals surface area contributed by atoms with Gasteiger partial charge in [-0.2, -0.15) is 0 Å². The van der Waals surface area contributed by atoms with E-state index in [1.54, 1.807) is 7.11 Å². The van der Waals surface area contributed by atoms with Gasteiger partial charge < -0.3 is 19.9 Å². The van der Waals surface area contributed by atoms with Gasteiger partial charge in [-0.05, 0) is 24.8 Å². The molecule has 0 aliphatic rings. The maximum atomic E-state index is 11.5. The molecule has 0 fully saturated rings. The van der Waals surface area contributed by atoms with Crippen LogP contribution in [0.25, 0.3) is 0 Å². The van der Waals surface area contributed by atoms with Gasteiger partial charge in [0.25, 0.3) is 0 Å². The van der Waals surface area contributed by atoms with Gasteiger partial charge in [0.1, 0.15) is 6.61 Å². The smallest absolute Gasteiger partial charge is 0.306 e. The van der Waals surface area contributed by atoms with Crippen LogP contribution in [-0.2, 0) is 19.0 Å². The van der Waals surface area contributed by atoms with Crippen molar-refractivity contribution in [1.29, 1.82) is 0 Å². The summed E-state index contributed by atoms with van der Waals surface area (Å²) in [5.41, 5.74) is 5.63. The van der Waals surface area contributed by atoms with Crippen LogP contribution in [0.2, 0.25) is 0 Å². The predicted octanol–water partition coefficient (Wildman–Crippen LogP) is 1.63. The van der Waals surface area contributed by atoms with Crippen LogP contribution >= 0.6 is 12.4 Å². The van der Waals surface area contributed by atoms with Crippen molar-refractivity contribution >= 4 is 18.4 Å². The fourth-order valence-electron chi connectivity index (χ4n) is 1.68. The summed E-state index contributed by atoms with van der Waals surface area (Å²) < 4.78 is 15.1. The lowest BCUT2D eigenvalue weighted by molar-refractivity contribution is -0.146. The van der Waals surface area contributed by atoms with Crippen LogP contribution in [0, 0.1) is 11.8 Å². The minimum absolute atomic E-state index is 0. The first-order valence-electron chi connectivity index (χ1n) is 6.52. The molecule has 0 saturated carbocycles. The second-order valence-electron chi connectivity index (χ2n) is 4.76. The van der Waals surface area contributed by atoms with Crippen LogP contribution in [0.15, 0.2) is 0 Å². The first kappa shape index (κ1) is 20.9. The van der Waals surface area contributed by atoms with Crippen LogP contribution < -0.4 is 5.73 Å². The molecule has 2 N–H and O–H groups in total. The number of esters is 1. The normalized spacial score (nSPS) is 12.1. The molecule has 116 valence electrons. The molecule has 0 saturated heterocycles. The van der Waals surface area contributed by atoms with Gasteiger partial charge in [-0.15, -0.1) is 12.4 Å². The van der Waals surface area contributed by atoms with E-state index in [9.17, 15) is 4.79 Å². The average molecular weight is 298 g/mol. The lowest BCUT2D eigenvalue weighted by Crippen LogP contribution is -2.22. The number of nitrogens with two attached hydrogens (primary N) is 1. The molecular formula is C13H28ClNO4. The topological polar surface area (TPSA) is 70.8 Å². The zero-order valence-electron chi connectivity index (χ0n) is 12.2. The van der Waals surface area contributed by atoms with Gasteiger partial charge in [-0.3, -0.25) is 4.79 Å². The second kappa shape index (κ2) is 14.1. The third kappa shape index (κ3) is 13.9. The van der Waals surface area contributed by atoms with Crippen LogP contribution in [0.4, 0.5) is 0 Å². The standard InChI is InChI=1S/C13H27NO4.ClH/c1-11(2)8-12(10-14)9-13(15)18-7-6-17-5-4-16-3;/h11-12H,4-10,14H2,1-3H3;1H/t12-;/m0./s1. The van der Waals surface area contributed by atoms with Gasteiger partial charge in [0.05, 0.1) is 19.8 Å². The Morgan fingerprint density at radius 1 is 1.16 bits per heavy atom. The molecule has 19 heavy (non-hydrogen) atoms. The molecule has 0 aromatic heterocycles. The summed E-state index contributed by atoms with van der Waals surface area (Å²) >= 11 is 0. The summed E-state index contributed by atoms with van der Waals surface area (Å²) in [5.74, 6) is 0.567. The summed E-state index contributed by atoms with van der Waals surface area (Å²) in [6.07, 6.45) is 1.35. The van der Waals surface area contributed by atoms with E-state index in [-0.39, 0.29) is 24.3 Å². The Labute approximate surface area is 122 Å². The van der Waals surface area contributed by atoms with Gasteiger partial charge in [0, 0.05) is 13.5 Å². The quantitative estimate of drug-likeness (QED) is 0.463. The lowest BCUT2D eigenvalue weighted by Gasteiger charge is -2.16. The van der Waals surface area contributed by atoms with Gasteiger partial charge in [-0.25, -0.2) is 0 Å². The van der Waals surface area contributed by atoms with Gasteiger partial charge in [-0.1, -0.05) is 13.8 Å². The zero-order chi connectivity index (χ0) is 13.8. The molecule has 0 aliphatic heterocycles. The van der Waals surface area contributed by atoms with Crippen molar-refractivity contribution in [2.75, 3.05) is 40.1 Å². The number of ether oxygens (including phenoxy) is 3. The summed E-state index contributed by atoms with van der Waals surface area (Å²) in [5, 5.41) is 0. The van der Waals surface area contributed by atoms with Gasteiger partial charge in [0.2, 0.25) is 0 Å². The molecule has 0 aromatic rings. The van der Waals surface area contributed by atoms with E-state index in [2.05, 4.69) is 13.8 Å². The highest BCUT2D eigenvalue weighted by atomic mass is 35.5. The van der Waals surface area contributed by atoms with Crippen molar-refractivity contribution in [3.63, 3.8) is 0 Å². The van der Waals surface area contributed by atoms with Crippen LogP contribution in [0.3, 0.4) is 0 Å². The molecular weight excluding hydrogens is 270 g/mol. The molecule has 0 unspecified atom stereocenters. The van der Waals surface area contributed by atoms with E-state index in [1.165, 1.54) is 0 Å². The second-order valence-corrected chi connectivity index (χ2v) is 4.76. The first-order chi connectivity index (χ1) is 8.60. The molecule has 6 heteroatoms. The fraction of sp³-hybridized carbons (Fsp3) is 0.923. The van der Waals surface area contributed by atoms with Crippen LogP contribution in [0.5, 0.6) is 0 Å². The Balaban J connectivity index is 0. The zero-order valence-corrected chi connectivity index (χ0v) is 13.0. The summed E-state index contributed by atoms with van der Waals surface area (Å²) in [7, 11) is 1.62. The molecule has 0 amide bonds. The Morgan fingerprint density at radius 3 is 2.32 bits per heavy atom. The molecule has 0 spiro atoms. The molecule has 0 heterocycles. The van der Waals surface area contributed by atoms with Crippen molar-refractivity contribution < 1.29 is 19.0 Å². The number of rotatable bonds is 11. The van der Waals surface area contributed by atoms with E-state index in [0.717, 1.165) is 6.42 Å². The SMILES string of the molecule is COCCOCCOC(=O)C[C@@H](CN)CC(C)C.Cl. The number of hydrogen-bond donors (Lipinski definition) is 1. The van der Waals surface area contributed by atoms with Gasteiger partial charge >= 0.3 is 5.97 Å². The van der Waals surface area contributed by atoms with Gasteiger partial charge in [0.15, 0.2) is 0 Å². The highest BCUT2D eigenvalue weighted by Crippen LogP contribution is 2.14. The third-order valence-corrected chi connectivity index (χ3v) is 2.52. The van der Waals surface area contributed by atoms with E-state index < -0.39 is 0 Å². The molecule has 0 aliphatic carbocycles. The van der Waals surface area contributed by atoms with E-state index in [1.807, 2.05) is 0 Å². The Bertz CT molecular complexity index is 215. The molecule has 1 atom stereocenters. The minimum Gasteiger partial charge on any atom is -0.463 e. The Kier molecular flexibility index (Phi) is 15.5. The van der Waals surface area contributed by atoms with E-state index >= 15 is 0 Å². The number of carbonyl (C=O) groups excluding carboxylic acids is 1.